The first-order valence-electron chi connectivity index (χ1n) is 17.8. The summed E-state index contributed by atoms with van der Waals surface area (Å²) in [6.07, 6.45) is 2.75. The van der Waals surface area contributed by atoms with Crippen LogP contribution in [0.3, 0.4) is 0 Å². The Labute approximate surface area is 313 Å². The van der Waals surface area contributed by atoms with Gasteiger partial charge in [-0.05, 0) is 47.2 Å². The van der Waals surface area contributed by atoms with Gasteiger partial charge in [-0.25, -0.2) is 0 Å². The number of hydrogen-bond donors (Lipinski definition) is 2. The normalized spacial score (nSPS) is 25.8. The molecule has 0 saturated carbocycles. The van der Waals surface area contributed by atoms with E-state index < -0.39 is 53.6 Å². The van der Waals surface area contributed by atoms with Crippen molar-refractivity contribution in [3.8, 4) is 0 Å². The maximum atomic E-state index is 15.1. The average molecular weight is 773 g/mol. The van der Waals surface area contributed by atoms with E-state index in [1.165, 1.54) is 4.90 Å². The molecule has 3 aromatic rings. The minimum Gasteiger partial charge on any atom is -0.455 e. The van der Waals surface area contributed by atoms with Crippen LogP contribution >= 0.6 is 15.9 Å². The molecule has 8 atom stereocenters. The Bertz CT molecular complexity index is 1840. The maximum absolute atomic E-state index is 15.1. The summed E-state index contributed by atoms with van der Waals surface area (Å²) < 4.78 is 12.9. The molecule has 3 fully saturated rings. The number of likely N-dealkylation sites (tertiary alicyclic amines) is 1. The minimum absolute atomic E-state index is 0.0287. The van der Waals surface area contributed by atoms with Gasteiger partial charge in [-0.2, -0.15) is 0 Å². The lowest BCUT2D eigenvalue weighted by molar-refractivity contribution is -0.161. The summed E-state index contributed by atoms with van der Waals surface area (Å²) in [5.74, 6) is -3.98. The number of anilines is 1. The van der Waals surface area contributed by atoms with Crippen LogP contribution in [-0.4, -0.2) is 82.0 Å². The highest BCUT2D eigenvalue weighted by molar-refractivity contribution is 9.09. The predicted molar refractivity (Wildman–Crippen MR) is 202 cm³/mol. The summed E-state index contributed by atoms with van der Waals surface area (Å²) in [7, 11) is 0. The van der Waals surface area contributed by atoms with Crippen LogP contribution in [0, 0.1) is 17.8 Å². The molecule has 2 bridgehead atoms. The summed E-state index contributed by atoms with van der Waals surface area (Å²) in [5.41, 5.74) is -0.0751. The van der Waals surface area contributed by atoms with E-state index in [-0.39, 0.29) is 48.7 Å². The topological polar surface area (TPSA) is 125 Å². The number of rotatable bonds is 15. The van der Waals surface area contributed by atoms with E-state index in [2.05, 4.69) is 34.4 Å². The van der Waals surface area contributed by atoms with Crippen molar-refractivity contribution < 1.29 is 33.8 Å². The second-order valence-corrected chi connectivity index (χ2v) is 15.3. The van der Waals surface area contributed by atoms with E-state index in [0.717, 1.165) is 10.8 Å². The van der Waals surface area contributed by atoms with Crippen LogP contribution in [0.5, 0.6) is 0 Å². The van der Waals surface area contributed by atoms with Gasteiger partial charge in [-0.15, -0.1) is 13.2 Å². The zero-order chi connectivity index (χ0) is 37.2. The smallest absolute Gasteiger partial charge is 0.313 e. The molecule has 0 radical (unpaired) electrons. The van der Waals surface area contributed by atoms with Crippen LogP contribution in [0.4, 0.5) is 5.69 Å². The number of carbonyl (C=O) groups excluding carboxylic acids is 4. The van der Waals surface area contributed by atoms with E-state index in [4.69, 9.17) is 9.47 Å². The molecule has 52 heavy (non-hydrogen) atoms. The van der Waals surface area contributed by atoms with Crippen molar-refractivity contribution in [2.24, 2.45) is 17.8 Å². The first kappa shape index (κ1) is 37.4. The Kier molecular flexibility index (Phi) is 11.3. The number of esters is 1. The molecule has 2 N–H and O–H groups in total. The van der Waals surface area contributed by atoms with Crippen molar-refractivity contribution >= 4 is 56.1 Å². The van der Waals surface area contributed by atoms with Crippen LogP contribution in [0.1, 0.15) is 44.8 Å². The van der Waals surface area contributed by atoms with Crippen molar-refractivity contribution in [2.75, 3.05) is 24.6 Å². The lowest BCUT2D eigenvalue weighted by Gasteiger charge is -2.40. The summed E-state index contributed by atoms with van der Waals surface area (Å²) in [5, 5.41) is 15.5. The number of ether oxygens (including phenoxy) is 2. The predicted octanol–water partition coefficient (Wildman–Crippen LogP) is 5.49. The van der Waals surface area contributed by atoms with Gasteiger partial charge in [0.05, 0.1) is 37.1 Å². The molecular formula is C41H46BrN3O7. The molecule has 3 amide bonds. The van der Waals surface area contributed by atoms with Crippen LogP contribution < -0.4 is 10.2 Å². The van der Waals surface area contributed by atoms with Gasteiger partial charge >= 0.3 is 5.97 Å². The molecule has 3 aliphatic heterocycles. The Morgan fingerprint density at radius 3 is 2.46 bits per heavy atom. The second-order valence-electron chi connectivity index (χ2n) is 14.1. The first-order chi connectivity index (χ1) is 25.1. The van der Waals surface area contributed by atoms with Crippen LogP contribution in [0.15, 0.2) is 98.1 Å². The number of halogens is 1. The van der Waals surface area contributed by atoms with E-state index in [0.29, 0.717) is 24.1 Å². The molecule has 3 aromatic carbocycles. The number of nitrogens with one attached hydrogen (secondary N) is 1. The number of carbonyl (C=O) groups is 4. The average Bonchev–Trinajstić information content (AvgIpc) is 3.74. The van der Waals surface area contributed by atoms with Crippen LogP contribution in [0.2, 0.25) is 0 Å². The second kappa shape index (κ2) is 15.7. The first-order valence-corrected chi connectivity index (χ1v) is 18.8. The molecular weight excluding hydrogens is 726 g/mol. The number of allylic oxidation sites excluding steroid dienone is 1. The minimum atomic E-state index is -1.38. The fourth-order valence-corrected chi connectivity index (χ4v) is 9.12. The molecule has 6 rings (SSSR count). The Balaban J connectivity index is 1.37. The Morgan fingerprint density at radius 2 is 1.79 bits per heavy atom. The fourth-order valence-electron chi connectivity index (χ4n) is 8.18. The monoisotopic (exact) mass is 771 g/mol. The van der Waals surface area contributed by atoms with Crippen molar-refractivity contribution in [2.45, 2.75) is 67.8 Å². The van der Waals surface area contributed by atoms with Crippen LogP contribution in [0.25, 0.3) is 10.8 Å². The highest BCUT2D eigenvalue weighted by Gasteiger charge is 2.77. The number of nitrogens with zero attached hydrogens (tertiary/aromatic N) is 2. The molecule has 3 heterocycles. The van der Waals surface area contributed by atoms with Crippen LogP contribution in [-0.2, 0) is 28.7 Å². The number of aliphatic hydroxyl groups excluding tert-OH is 1. The van der Waals surface area contributed by atoms with Crippen molar-refractivity contribution in [3.05, 3.63) is 104 Å². The summed E-state index contributed by atoms with van der Waals surface area (Å²) in [6.45, 7) is 11.2. The molecule has 0 aliphatic carbocycles. The number of hydrogen-bond acceptors (Lipinski definition) is 7. The third-order valence-electron chi connectivity index (χ3n) is 10.7. The molecule has 1 unspecified atom stereocenters. The molecule has 274 valence electrons. The highest BCUT2D eigenvalue weighted by atomic mass is 79.9. The van der Waals surface area contributed by atoms with Gasteiger partial charge in [-0.1, -0.05) is 103 Å². The van der Waals surface area contributed by atoms with Crippen molar-refractivity contribution in [1.29, 1.82) is 0 Å². The van der Waals surface area contributed by atoms with Crippen molar-refractivity contribution in [1.82, 2.24) is 10.2 Å². The van der Waals surface area contributed by atoms with E-state index >= 15 is 4.79 Å². The van der Waals surface area contributed by atoms with Gasteiger partial charge in [0.1, 0.15) is 17.7 Å². The van der Waals surface area contributed by atoms with E-state index in [1.807, 2.05) is 86.6 Å². The number of benzene rings is 3. The zero-order valence-electron chi connectivity index (χ0n) is 29.5. The van der Waals surface area contributed by atoms with Gasteiger partial charge in [-0.3, -0.25) is 19.2 Å². The maximum Gasteiger partial charge on any atom is 0.313 e. The van der Waals surface area contributed by atoms with Gasteiger partial charge < -0.3 is 29.7 Å². The third kappa shape index (κ3) is 6.81. The zero-order valence-corrected chi connectivity index (χ0v) is 31.1. The summed E-state index contributed by atoms with van der Waals surface area (Å²) in [6, 6.07) is 20.8. The summed E-state index contributed by atoms with van der Waals surface area (Å²) >= 11 is 3.74. The van der Waals surface area contributed by atoms with Gasteiger partial charge in [0.15, 0.2) is 0 Å². The highest BCUT2D eigenvalue weighted by Crippen LogP contribution is 2.61. The number of alkyl halides is 1. The molecule has 1 spiro atoms. The van der Waals surface area contributed by atoms with Crippen molar-refractivity contribution in [3.63, 3.8) is 0 Å². The molecule has 11 heteroatoms. The standard InChI is InChI=1S/C41H46BrN3O7/c1-5-7-17-33(47)43-23-32(27-14-9-8-10-15-27)51-40(50)34-35-38(48)45(31(24-46)25(3)4)37(41(35)22-30(42)36(34)52-41)39(49)44(20-6-2)29-19-18-26-13-11-12-16-28(26)21-29/h5-6,8-16,18-19,21,25,30-32,34-37,46H,1-2,7,17,20,22-24H2,3-4H3,(H,43,47)/t30?,31-,32-,34-,35+,36-,37-,41+/m0/s1. The Hall–Kier alpha value is -4.32. The third-order valence-corrected chi connectivity index (χ3v) is 11.5. The largest absolute Gasteiger partial charge is 0.455 e. The quantitative estimate of drug-likeness (QED) is 0.119. The van der Waals surface area contributed by atoms with E-state index in [1.54, 1.807) is 17.1 Å². The van der Waals surface area contributed by atoms with Gasteiger partial charge in [0, 0.05) is 23.5 Å². The fraction of sp³-hybridized carbons (Fsp3) is 0.415. The number of aliphatic hydroxyl groups is 1. The number of amides is 3. The molecule has 3 aliphatic rings. The van der Waals surface area contributed by atoms with Gasteiger partial charge in [0.2, 0.25) is 11.8 Å². The lowest BCUT2D eigenvalue weighted by Crippen LogP contribution is -2.60. The Morgan fingerprint density at radius 1 is 1.08 bits per heavy atom. The molecule has 0 aromatic heterocycles. The molecule has 10 nitrogen and oxygen atoms in total. The SMILES string of the molecule is C=CCCC(=O)NC[C@H](OC(=O)[C@@H]1[C@H]2O[C@@]3(CC2Br)[C@H](C(=O)N(CC=C)c2ccc4ccccc4c2)N([C@@H](CO)C(C)C)C(=O)[C@@H]13)c1ccccc1. The summed E-state index contributed by atoms with van der Waals surface area (Å²) in [4.78, 5) is 59.6. The lowest BCUT2D eigenvalue weighted by atomic mass is 9.70. The van der Waals surface area contributed by atoms with Gasteiger partial charge in [0.25, 0.3) is 5.91 Å². The number of fused-ring (bicyclic) bond motifs is 2. The van der Waals surface area contributed by atoms with E-state index in [9.17, 15) is 19.5 Å². The molecule has 3 saturated heterocycles.